The molecule has 17 heavy (non-hydrogen) atoms. The number of rotatable bonds is 2. The van der Waals surface area contributed by atoms with Crippen molar-refractivity contribution >= 4 is 5.97 Å². The van der Waals surface area contributed by atoms with Crippen molar-refractivity contribution in [3.8, 4) is 0 Å². The van der Waals surface area contributed by atoms with Gasteiger partial charge in [0, 0.05) is 12.3 Å². The predicted molar refractivity (Wildman–Crippen MR) is 63.2 cm³/mol. The molecule has 1 aliphatic heterocycles. The second-order valence-corrected chi connectivity index (χ2v) is 5.58. The van der Waals surface area contributed by atoms with Gasteiger partial charge in [0.25, 0.3) is 0 Å². The lowest BCUT2D eigenvalue weighted by Gasteiger charge is -2.39. The van der Waals surface area contributed by atoms with Gasteiger partial charge in [0.15, 0.2) is 0 Å². The Bertz CT molecular complexity index is 400. The Hall–Kier alpha value is -1.09. The zero-order valence-corrected chi connectivity index (χ0v) is 9.89. The summed E-state index contributed by atoms with van der Waals surface area (Å²) in [6.45, 7) is 3.78. The van der Waals surface area contributed by atoms with E-state index in [0.29, 0.717) is 18.8 Å². The Balaban J connectivity index is 2.01. The van der Waals surface area contributed by atoms with Gasteiger partial charge >= 0.3 is 5.97 Å². The maximum absolute atomic E-state index is 11.5. The fourth-order valence-corrected chi connectivity index (χ4v) is 4.07. The van der Waals surface area contributed by atoms with Crippen LogP contribution in [-0.2, 0) is 9.53 Å². The number of carbonyl (C=O) groups excluding carboxylic acids is 1. The first-order valence-electron chi connectivity index (χ1n) is 6.31. The zero-order valence-electron chi connectivity index (χ0n) is 9.89. The van der Waals surface area contributed by atoms with Crippen molar-refractivity contribution in [3.05, 3.63) is 24.8 Å². The summed E-state index contributed by atoms with van der Waals surface area (Å²) in [6.07, 6.45) is 9.35. The molecule has 2 fully saturated rings. The first kappa shape index (κ1) is 11.0. The molecule has 2 aliphatic carbocycles. The van der Waals surface area contributed by atoms with E-state index in [1.165, 1.54) is 0 Å². The Kier molecular flexibility index (Phi) is 2.24. The highest BCUT2D eigenvalue weighted by Crippen LogP contribution is 2.60. The van der Waals surface area contributed by atoms with Gasteiger partial charge in [-0.15, -0.1) is 6.58 Å². The summed E-state index contributed by atoms with van der Waals surface area (Å²) in [6, 6.07) is 0. The molecule has 3 aliphatic rings. The second kappa shape index (κ2) is 3.45. The van der Waals surface area contributed by atoms with Crippen molar-refractivity contribution in [3.63, 3.8) is 0 Å². The van der Waals surface area contributed by atoms with E-state index in [1.54, 1.807) is 0 Å². The molecule has 1 saturated carbocycles. The molecular formula is C14H18O3. The molecule has 3 heteroatoms. The topological polar surface area (TPSA) is 46.5 Å². The maximum atomic E-state index is 11.5. The van der Waals surface area contributed by atoms with E-state index >= 15 is 0 Å². The minimum absolute atomic E-state index is 0.158. The molecule has 1 spiro atoms. The van der Waals surface area contributed by atoms with E-state index in [1.807, 2.05) is 12.2 Å². The van der Waals surface area contributed by atoms with E-state index in [9.17, 15) is 9.90 Å². The van der Waals surface area contributed by atoms with Crippen LogP contribution in [0.1, 0.15) is 32.1 Å². The molecule has 4 atom stereocenters. The van der Waals surface area contributed by atoms with E-state index in [2.05, 4.69) is 12.7 Å². The van der Waals surface area contributed by atoms with Gasteiger partial charge in [0.1, 0.15) is 11.2 Å². The molecule has 1 saturated heterocycles. The van der Waals surface area contributed by atoms with Crippen molar-refractivity contribution in [1.82, 2.24) is 0 Å². The van der Waals surface area contributed by atoms with Crippen LogP contribution in [0.5, 0.6) is 0 Å². The molecule has 3 nitrogen and oxygen atoms in total. The molecule has 92 valence electrons. The van der Waals surface area contributed by atoms with Crippen LogP contribution >= 0.6 is 0 Å². The molecule has 0 aromatic rings. The Labute approximate surface area is 101 Å². The lowest BCUT2D eigenvalue weighted by atomic mass is 9.73. The monoisotopic (exact) mass is 234 g/mol. The van der Waals surface area contributed by atoms with Crippen LogP contribution < -0.4 is 0 Å². The molecule has 0 radical (unpaired) electrons. The van der Waals surface area contributed by atoms with E-state index in [-0.39, 0.29) is 18.3 Å². The zero-order chi connectivity index (χ0) is 12.1. The molecule has 3 rings (SSSR count). The first-order chi connectivity index (χ1) is 8.11. The van der Waals surface area contributed by atoms with E-state index in [0.717, 1.165) is 12.8 Å². The number of ether oxygens (including phenoxy) is 1. The largest absolute Gasteiger partial charge is 0.455 e. The van der Waals surface area contributed by atoms with Crippen molar-refractivity contribution in [2.45, 2.75) is 43.3 Å². The summed E-state index contributed by atoms with van der Waals surface area (Å²) >= 11 is 0. The highest BCUT2D eigenvalue weighted by Gasteiger charge is 2.69. The lowest BCUT2D eigenvalue weighted by Crippen LogP contribution is -2.51. The number of allylic oxidation sites excluding steroid dienone is 2. The third-order valence-corrected chi connectivity index (χ3v) is 4.74. The average molecular weight is 234 g/mol. The van der Waals surface area contributed by atoms with Gasteiger partial charge in [0.05, 0.1) is 6.42 Å². The van der Waals surface area contributed by atoms with Gasteiger partial charge in [-0.2, -0.15) is 0 Å². The molecule has 0 aromatic carbocycles. The van der Waals surface area contributed by atoms with E-state index < -0.39 is 11.2 Å². The van der Waals surface area contributed by atoms with Crippen LogP contribution in [0.15, 0.2) is 24.8 Å². The van der Waals surface area contributed by atoms with Gasteiger partial charge in [-0.25, -0.2) is 0 Å². The van der Waals surface area contributed by atoms with Gasteiger partial charge < -0.3 is 9.84 Å². The quantitative estimate of drug-likeness (QED) is 0.587. The standard InChI is InChI=1S/C14H18O3/c1-2-5-10-8-13(16)9-12(15)17-14(13)7-4-3-6-11(10)14/h2-4,10-11,16H,1,5-9H2/t10-,11-,13+,14-/m1/s1. The third-order valence-electron chi connectivity index (χ3n) is 4.74. The Morgan fingerprint density at radius 1 is 1.59 bits per heavy atom. The Morgan fingerprint density at radius 3 is 3.18 bits per heavy atom. The van der Waals surface area contributed by atoms with Crippen LogP contribution in [-0.4, -0.2) is 22.3 Å². The van der Waals surface area contributed by atoms with Crippen LogP contribution in [0, 0.1) is 11.8 Å². The van der Waals surface area contributed by atoms with Crippen LogP contribution in [0.4, 0.5) is 0 Å². The lowest BCUT2D eigenvalue weighted by molar-refractivity contribution is -0.161. The summed E-state index contributed by atoms with van der Waals surface area (Å²) in [5.74, 6) is 0.391. The van der Waals surface area contributed by atoms with Crippen molar-refractivity contribution in [2.24, 2.45) is 11.8 Å². The normalized spacial score (nSPS) is 47.5. The Morgan fingerprint density at radius 2 is 2.41 bits per heavy atom. The SMILES string of the molecule is C=CC[C@@H]1C[C@]2(O)CC(=O)O[C@@]23CC=CC[C@H]13. The second-order valence-electron chi connectivity index (χ2n) is 5.58. The van der Waals surface area contributed by atoms with Gasteiger partial charge in [-0.3, -0.25) is 4.79 Å². The molecule has 0 unspecified atom stereocenters. The van der Waals surface area contributed by atoms with Crippen LogP contribution in [0.25, 0.3) is 0 Å². The highest BCUT2D eigenvalue weighted by atomic mass is 16.6. The minimum Gasteiger partial charge on any atom is -0.455 e. The van der Waals surface area contributed by atoms with E-state index in [4.69, 9.17) is 4.74 Å². The number of aliphatic hydroxyl groups is 1. The predicted octanol–water partition coefficient (Wildman–Crippen LogP) is 1.97. The van der Waals surface area contributed by atoms with Crippen molar-refractivity contribution < 1.29 is 14.6 Å². The smallest absolute Gasteiger partial charge is 0.309 e. The van der Waals surface area contributed by atoms with Crippen LogP contribution in [0.2, 0.25) is 0 Å². The van der Waals surface area contributed by atoms with Gasteiger partial charge in [-0.1, -0.05) is 18.2 Å². The average Bonchev–Trinajstić information content (AvgIpc) is 2.62. The summed E-state index contributed by atoms with van der Waals surface area (Å²) in [4.78, 5) is 11.5. The van der Waals surface area contributed by atoms with Gasteiger partial charge in [-0.05, 0) is 25.2 Å². The number of hydrogen-bond acceptors (Lipinski definition) is 3. The summed E-state index contributed by atoms with van der Waals surface area (Å²) in [7, 11) is 0. The molecular weight excluding hydrogens is 216 g/mol. The summed E-state index contributed by atoms with van der Waals surface area (Å²) in [5.41, 5.74) is -1.60. The third kappa shape index (κ3) is 1.29. The number of esters is 1. The molecule has 0 aromatic heterocycles. The molecule has 1 N–H and O–H groups in total. The van der Waals surface area contributed by atoms with Crippen LogP contribution in [0.3, 0.4) is 0 Å². The maximum Gasteiger partial charge on any atom is 0.309 e. The molecule has 1 heterocycles. The first-order valence-corrected chi connectivity index (χ1v) is 6.31. The fraction of sp³-hybridized carbons (Fsp3) is 0.643. The van der Waals surface area contributed by atoms with Gasteiger partial charge in [0.2, 0.25) is 0 Å². The van der Waals surface area contributed by atoms with Crippen molar-refractivity contribution in [1.29, 1.82) is 0 Å². The number of carbonyl (C=O) groups is 1. The fourth-order valence-electron chi connectivity index (χ4n) is 4.07. The minimum atomic E-state index is -0.951. The number of hydrogen-bond donors (Lipinski definition) is 1. The molecule has 0 bridgehead atoms. The van der Waals surface area contributed by atoms with Crippen molar-refractivity contribution in [2.75, 3.05) is 0 Å². The highest BCUT2D eigenvalue weighted by molar-refractivity contribution is 5.75. The summed E-state index contributed by atoms with van der Waals surface area (Å²) in [5, 5.41) is 10.8. The summed E-state index contributed by atoms with van der Waals surface area (Å²) < 4.78 is 5.58. The molecule has 0 amide bonds.